The summed E-state index contributed by atoms with van der Waals surface area (Å²) in [4.78, 5) is 14.0. The molecule has 0 aliphatic carbocycles. The minimum atomic E-state index is -0.517. The highest BCUT2D eigenvalue weighted by Gasteiger charge is 2.35. The number of benzene rings is 1. The average Bonchev–Trinajstić information content (AvgIpc) is 2.97. The molecule has 1 amide bonds. The number of halogens is 2. The molecule has 1 N–H and O–H groups in total. The Kier molecular flexibility index (Phi) is 6.69. The van der Waals surface area contributed by atoms with Gasteiger partial charge in [0, 0.05) is 29.7 Å². The second kappa shape index (κ2) is 8.37. The number of likely N-dealkylation sites (tertiary alicyclic amines) is 1. The molecule has 1 aliphatic heterocycles. The smallest absolute Gasteiger partial charge is 0.410 e. The predicted octanol–water partition coefficient (Wildman–Crippen LogP) is 4.78. The van der Waals surface area contributed by atoms with Crippen molar-refractivity contribution in [1.29, 1.82) is 0 Å². The summed E-state index contributed by atoms with van der Waals surface area (Å²) in [7, 11) is 0. The first-order valence-corrected chi connectivity index (χ1v) is 9.25. The molecule has 0 radical (unpaired) electrons. The van der Waals surface area contributed by atoms with E-state index in [4.69, 9.17) is 16.3 Å². The van der Waals surface area contributed by atoms with Crippen molar-refractivity contribution in [3.63, 3.8) is 0 Å². The van der Waals surface area contributed by atoms with E-state index in [0.29, 0.717) is 23.7 Å². The van der Waals surface area contributed by atoms with Crippen LogP contribution in [-0.4, -0.2) is 36.2 Å². The molecule has 2 unspecified atom stereocenters. The number of carbonyl (C=O) groups excluding carboxylic acids is 1. The maximum atomic E-state index is 14.4. The summed E-state index contributed by atoms with van der Waals surface area (Å²) in [5, 5.41) is 3.82. The fourth-order valence-corrected chi connectivity index (χ4v) is 3.29. The molecule has 1 fully saturated rings. The van der Waals surface area contributed by atoms with Crippen LogP contribution in [0.4, 0.5) is 9.18 Å². The molecule has 2 rings (SSSR count). The van der Waals surface area contributed by atoms with Crippen molar-refractivity contribution in [2.24, 2.45) is 5.92 Å². The zero-order valence-electron chi connectivity index (χ0n) is 15.4. The Morgan fingerprint density at radius 1 is 1.48 bits per heavy atom. The minimum Gasteiger partial charge on any atom is -0.444 e. The molecule has 0 spiro atoms. The zero-order valence-corrected chi connectivity index (χ0v) is 16.2. The highest BCUT2D eigenvalue weighted by atomic mass is 35.5. The predicted molar refractivity (Wildman–Crippen MR) is 98.4 cm³/mol. The third-order valence-electron chi connectivity index (χ3n) is 4.26. The van der Waals surface area contributed by atoms with Gasteiger partial charge in [-0.15, -0.1) is 0 Å². The lowest BCUT2D eigenvalue weighted by Crippen LogP contribution is -2.37. The molecule has 1 heterocycles. The summed E-state index contributed by atoms with van der Waals surface area (Å²) in [6, 6.07) is 4.64. The molecule has 25 heavy (non-hydrogen) atoms. The minimum absolute atomic E-state index is 0.134. The van der Waals surface area contributed by atoms with Crippen LogP contribution in [0.2, 0.25) is 5.02 Å². The number of carbonyl (C=O) groups is 1. The van der Waals surface area contributed by atoms with Crippen molar-refractivity contribution in [3.05, 3.63) is 34.6 Å². The average molecular weight is 371 g/mol. The van der Waals surface area contributed by atoms with Gasteiger partial charge < -0.3 is 15.0 Å². The Morgan fingerprint density at radius 3 is 2.80 bits per heavy atom. The van der Waals surface area contributed by atoms with E-state index in [-0.39, 0.29) is 23.9 Å². The molecule has 0 aromatic heterocycles. The van der Waals surface area contributed by atoms with Crippen molar-refractivity contribution in [3.8, 4) is 0 Å². The van der Waals surface area contributed by atoms with Gasteiger partial charge in [0.25, 0.3) is 0 Å². The van der Waals surface area contributed by atoms with Crippen molar-refractivity contribution < 1.29 is 13.9 Å². The summed E-state index contributed by atoms with van der Waals surface area (Å²) < 4.78 is 19.9. The highest BCUT2D eigenvalue weighted by Crippen LogP contribution is 2.33. The number of hydrogen-bond acceptors (Lipinski definition) is 3. The summed E-state index contributed by atoms with van der Waals surface area (Å²) in [5.74, 6) is -0.174. The van der Waals surface area contributed by atoms with Gasteiger partial charge in [-0.05, 0) is 58.2 Å². The molecule has 4 nitrogen and oxygen atoms in total. The molecule has 1 aromatic rings. The molecule has 1 aromatic carbocycles. The third kappa shape index (κ3) is 5.58. The number of ether oxygens (including phenoxy) is 1. The Labute approximate surface area is 154 Å². The van der Waals surface area contributed by atoms with Crippen LogP contribution in [0.3, 0.4) is 0 Å². The molecule has 1 aliphatic rings. The molecule has 1 saturated heterocycles. The van der Waals surface area contributed by atoms with E-state index in [0.717, 1.165) is 19.4 Å². The van der Waals surface area contributed by atoms with Crippen LogP contribution in [0.5, 0.6) is 0 Å². The largest absolute Gasteiger partial charge is 0.444 e. The summed E-state index contributed by atoms with van der Waals surface area (Å²) in [5.41, 5.74) is 0.0889. The van der Waals surface area contributed by atoms with E-state index in [1.807, 2.05) is 20.8 Å². The van der Waals surface area contributed by atoms with Crippen molar-refractivity contribution >= 4 is 17.7 Å². The van der Waals surface area contributed by atoms with Gasteiger partial charge in [0.2, 0.25) is 0 Å². The fraction of sp³-hybridized carbons (Fsp3) is 0.632. The van der Waals surface area contributed by atoms with E-state index in [1.54, 1.807) is 17.0 Å². The SMILES string of the molecule is CCCNC(c1ccc(Cl)cc1F)C1CCN(C(=O)OC(C)(C)C)C1. The topological polar surface area (TPSA) is 41.6 Å². The number of amides is 1. The van der Waals surface area contributed by atoms with E-state index < -0.39 is 5.60 Å². The van der Waals surface area contributed by atoms with E-state index in [9.17, 15) is 9.18 Å². The molecule has 0 bridgehead atoms. The lowest BCUT2D eigenvalue weighted by atomic mass is 9.91. The Hall–Kier alpha value is -1.33. The Morgan fingerprint density at radius 2 is 2.20 bits per heavy atom. The molecule has 6 heteroatoms. The standard InChI is InChI=1S/C19H28ClFN2O2/c1-5-9-22-17(15-7-6-14(20)11-16(15)21)13-8-10-23(12-13)18(24)25-19(2,3)4/h6-7,11,13,17,22H,5,8-10,12H2,1-4H3. The maximum absolute atomic E-state index is 14.4. The number of hydrogen-bond donors (Lipinski definition) is 1. The molecule has 140 valence electrons. The molecule has 2 atom stereocenters. The summed E-state index contributed by atoms with van der Waals surface area (Å²) in [6.07, 6.45) is 1.46. The highest BCUT2D eigenvalue weighted by molar-refractivity contribution is 6.30. The van der Waals surface area contributed by atoms with Gasteiger partial charge in [0.15, 0.2) is 0 Å². The normalized spacial score (nSPS) is 19.1. The lowest BCUT2D eigenvalue weighted by Gasteiger charge is -2.27. The van der Waals surface area contributed by atoms with E-state index in [1.165, 1.54) is 6.07 Å². The fourth-order valence-electron chi connectivity index (χ4n) is 3.14. The quantitative estimate of drug-likeness (QED) is 0.811. The summed E-state index contributed by atoms with van der Waals surface area (Å²) in [6.45, 7) is 9.60. The first-order valence-electron chi connectivity index (χ1n) is 8.87. The van der Waals surface area contributed by atoms with Crippen LogP contribution < -0.4 is 5.32 Å². The van der Waals surface area contributed by atoms with Gasteiger partial charge in [-0.1, -0.05) is 24.6 Å². The molecular formula is C19H28ClFN2O2. The Bertz CT molecular complexity index is 604. The molecule has 0 saturated carbocycles. The van der Waals surface area contributed by atoms with Crippen LogP contribution in [0.25, 0.3) is 0 Å². The lowest BCUT2D eigenvalue weighted by molar-refractivity contribution is 0.0285. The van der Waals surface area contributed by atoms with Crippen molar-refractivity contribution in [1.82, 2.24) is 10.2 Å². The van der Waals surface area contributed by atoms with E-state index >= 15 is 0 Å². The summed E-state index contributed by atoms with van der Waals surface area (Å²) >= 11 is 5.88. The second-order valence-corrected chi connectivity index (χ2v) is 8.01. The number of nitrogens with one attached hydrogen (secondary N) is 1. The van der Waals surface area contributed by atoms with Gasteiger partial charge >= 0.3 is 6.09 Å². The van der Waals surface area contributed by atoms with Crippen LogP contribution in [0.1, 0.15) is 52.1 Å². The first-order chi connectivity index (χ1) is 11.7. The molecular weight excluding hydrogens is 343 g/mol. The monoisotopic (exact) mass is 370 g/mol. The van der Waals surface area contributed by atoms with Crippen LogP contribution in [0, 0.1) is 11.7 Å². The first kappa shape index (κ1) is 20.0. The second-order valence-electron chi connectivity index (χ2n) is 7.57. The number of nitrogens with zero attached hydrogens (tertiary/aromatic N) is 1. The van der Waals surface area contributed by atoms with E-state index in [2.05, 4.69) is 12.2 Å². The van der Waals surface area contributed by atoms with Gasteiger partial charge in [0.1, 0.15) is 11.4 Å². The third-order valence-corrected chi connectivity index (χ3v) is 4.49. The van der Waals surface area contributed by atoms with Gasteiger partial charge in [-0.3, -0.25) is 0 Å². The maximum Gasteiger partial charge on any atom is 0.410 e. The van der Waals surface area contributed by atoms with Gasteiger partial charge in [-0.2, -0.15) is 0 Å². The number of rotatable bonds is 5. The van der Waals surface area contributed by atoms with Crippen LogP contribution in [-0.2, 0) is 4.74 Å². The van der Waals surface area contributed by atoms with Gasteiger partial charge in [0.05, 0.1) is 0 Å². The zero-order chi connectivity index (χ0) is 18.6. The van der Waals surface area contributed by atoms with Crippen molar-refractivity contribution in [2.45, 2.75) is 52.2 Å². The van der Waals surface area contributed by atoms with Crippen LogP contribution in [0.15, 0.2) is 18.2 Å². The van der Waals surface area contributed by atoms with Crippen molar-refractivity contribution in [2.75, 3.05) is 19.6 Å². The Balaban J connectivity index is 2.12. The van der Waals surface area contributed by atoms with Crippen LogP contribution >= 0.6 is 11.6 Å². The van der Waals surface area contributed by atoms with Gasteiger partial charge in [-0.25, -0.2) is 9.18 Å².